The summed E-state index contributed by atoms with van der Waals surface area (Å²) >= 11 is 0. The highest BCUT2D eigenvalue weighted by molar-refractivity contribution is 7.88. The van der Waals surface area contributed by atoms with Crippen LogP contribution in [-0.4, -0.2) is 41.1 Å². The molecular formula is C19H26N2O3S. The van der Waals surface area contributed by atoms with Gasteiger partial charge >= 0.3 is 0 Å². The van der Waals surface area contributed by atoms with Crippen molar-refractivity contribution in [2.24, 2.45) is 0 Å². The van der Waals surface area contributed by atoms with Gasteiger partial charge in [-0.05, 0) is 49.8 Å². The van der Waals surface area contributed by atoms with Crippen molar-refractivity contribution < 1.29 is 13.2 Å². The van der Waals surface area contributed by atoms with Crippen LogP contribution in [0.1, 0.15) is 22.7 Å². The van der Waals surface area contributed by atoms with E-state index in [-0.39, 0.29) is 11.8 Å². The van der Waals surface area contributed by atoms with Crippen LogP contribution in [0, 0.1) is 6.92 Å². The van der Waals surface area contributed by atoms with E-state index in [0.717, 1.165) is 22.4 Å². The number of nitrogens with zero attached hydrogens (tertiary/aromatic N) is 1. The molecular weight excluding hydrogens is 336 g/mol. The van der Waals surface area contributed by atoms with Crippen molar-refractivity contribution in [1.29, 1.82) is 0 Å². The maximum Gasteiger partial charge on any atom is 0.215 e. The molecule has 5 nitrogen and oxygen atoms in total. The lowest BCUT2D eigenvalue weighted by atomic mass is 10.1. The molecule has 2 aromatic carbocycles. The summed E-state index contributed by atoms with van der Waals surface area (Å²) in [5, 5.41) is 0. The van der Waals surface area contributed by atoms with Crippen LogP contribution in [0.4, 0.5) is 0 Å². The lowest BCUT2D eigenvalue weighted by Gasteiger charge is -2.25. The maximum absolute atomic E-state index is 12.5. The van der Waals surface area contributed by atoms with E-state index in [2.05, 4.69) is 4.72 Å². The number of ether oxygens (including phenoxy) is 1. The predicted octanol–water partition coefficient (Wildman–Crippen LogP) is 2.73. The van der Waals surface area contributed by atoms with Gasteiger partial charge in [0.25, 0.3) is 0 Å². The third kappa shape index (κ3) is 5.56. The number of benzene rings is 2. The first-order valence-corrected chi connectivity index (χ1v) is 9.80. The Bertz CT molecular complexity index is 787. The number of nitrogens with one attached hydrogen (secondary N) is 1. The van der Waals surface area contributed by atoms with Crippen molar-refractivity contribution in [3.05, 3.63) is 65.2 Å². The third-order valence-electron chi connectivity index (χ3n) is 4.23. The second-order valence-electron chi connectivity index (χ2n) is 6.29. The zero-order chi connectivity index (χ0) is 18.4. The van der Waals surface area contributed by atoms with Gasteiger partial charge < -0.3 is 9.64 Å². The standard InChI is InChI=1S/C19H26N2O3S/c1-15-7-5-6-8-17(15)14-25(22,23)20-13-19(21(2)3)16-9-11-18(24-4)12-10-16/h5-12,19-20H,13-14H2,1-4H3. The topological polar surface area (TPSA) is 58.6 Å². The molecule has 0 saturated heterocycles. The number of likely N-dealkylation sites (N-methyl/N-ethyl adjacent to an activating group) is 1. The highest BCUT2D eigenvalue weighted by atomic mass is 32.2. The van der Waals surface area contributed by atoms with Crippen LogP contribution in [0.15, 0.2) is 48.5 Å². The summed E-state index contributed by atoms with van der Waals surface area (Å²) in [7, 11) is 2.09. The Morgan fingerprint density at radius 1 is 1.08 bits per heavy atom. The highest BCUT2D eigenvalue weighted by Crippen LogP contribution is 2.21. The lowest BCUT2D eigenvalue weighted by Crippen LogP contribution is -2.35. The SMILES string of the molecule is COc1ccc(C(CNS(=O)(=O)Cc2ccccc2C)N(C)C)cc1. The molecule has 1 N–H and O–H groups in total. The van der Waals surface area contributed by atoms with Gasteiger partial charge in [-0.15, -0.1) is 0 Å². The second-order valence-corrected chi connectivity index (χ2v) is 8.09. The third-order valence-corrected chi connectivity index (χ3v) is 5.52. The van der Waals surface area contributed by atoms with Crippen LogP contribution >= 0.6 is 0 Å². The summed E-state index contributed by atoms with van der Waals surface area (Å²) in [6, 6.07) is 15.2. The summed E-state index contributed by atoms with van der Waals surface area (Å²) < 4.78 is 32.8. The number of hydrogen-bond acceptors (Lipinski definition) is 4. The summed E-state index contributed by atoms with van der Waals surface area (Å²) in [5.74, 6) is 0.768. The van der Waals surface area contributed by atoms with E-state index in [0.29, 0.717) is 6.54 Å². The molecule has 25 heavy (non-hydrogen) atoms. The molecule has 2 aromatic rings. The Hall–Kier alpha value is -1.89. The zero-order valence-corrected chi connectivity index (χ0v) is 16.0. The first kappa shape index (κ1) is 19.4. The van der Waals surface area contributed by atoms with Crippen molar-refractivity contribution in [3.8, 4) is 5.75 Å². The van der Waals surface area contributed by atoms with Crippen molar-refractivity contribution in [3.63, 3.8) is 0 Å². The number of sulfonamides is 1. The van der Waals surface area contributed by atoms with Gasteiger partial charge in [-0.1, -0.05) is 36.4 Å². The molecule has 0 bridgehead atoms. The number of hydrogen-bond donors (Lipinski definition) is 1. The largest absolute Gasteiger partial charge is 0.497 e. The Kier molecular flexibility index (Phi) is 6.58. The maximum atomic E-state index is 12.5. The van der Waals surface area contributed by atoms with Crippen molar-refractivity contribution in [2.75, 3.05) is 27.7 Å². The first-order chi connectivity index (χ1) is 11.8. The molecule has 0 aromatic heterocycles. The van der Waals surface area contributed by atoms with Crippen molar-refractivity contribution >= 4 is 10.0 Å². The quantitative estimate of drug-likeness (QED) is 0.784. The van der Waals surface area contributed by atoms with Crippen molar-refractivity contribution in [2.45, 2.75) is 18.7 Å². The van der Waals surface area contributed by atoms with Crippen LogP contribution < -0.4 is 9.46 Å². The first-order valence-electron chi connectivity index (χ1n) is 8.14. The summed E-state index contributed by atoms with van der Waals surface area (Å²) in [6.07, 6.45) is 0. The molecule has 1 unspecified atom stereocenters. The van der Waals surface area contributed by atoms with Gasteiger partial charge in [0.1, 0.15) is 5.75 Å². The molecule has 2 rings (SSSR count). The van der Waals surface area contributed by atoms with Crippen molar-refractivity contribution in [1.82, 2.24) is 9.62 Å². The van der Waals surface area contributed by atoms with Crippen LogP contribution in [-0.2, 0) is 15.8 Å². The fourth-order valence-corrected chi connectivity index (χ4v) is 3.91. The predicted molar refractivity (Wildman–Crippen MR) is 101 cm³/mol. The average molecular weight is 362 g/mol. The number of rotatable bonds is 8. The Balaban J connectivity index is 2.08. The molecule has 0 heterocycles. The van der Waals surface area contributed by atoms with Crippen LogP contribution in [0.3, 0.4) is 0 Å². The molecule has 6 heteroatoms. The Labute approximate surface area is 150 Å². The van der Waals surface area contributed by atoms with E-state index in [1.54, 1.807) is 7.11 Å². The van der Waals surface area contributed by atoms with Gasteiger partial charge in [-0.25, -0.2) is 13.1 Å². The minimum absolute atomic E-state index is 0.0115. The normalized spacial score (nSPS) is 13.0. The summed E-state index contributed by atoms with van der Waals surface area (Å²) in [6.45, 7) is 2.23. The average Bonchev–Trinajstić information content (AvgIpc) is 2.57. The molecule has 1 atom stereocenters. The lowest BCUT2D eigenvalue weighted by molar-refractivity contribution is 0.299. The molecule has 0 aliphatic rings. The molecule has 0 fully saturated rings. The molecule has 0 aliphatic heterocycles. The fourth-order valence-electron chi connectivity index (χ4n) is 2.66. The number of methoxy groups -OCH3 is 1. The Morgan fingerprint density at radius 3 is 2.28 bits per heavy atom. The van der Waals surface area contributed by atoms with Gasteiger partial charge in [-0.3, -0.25) is 0 Å². The fraction of sp³-hybridized carbons (Fsp3) is 0.368. The van der Waals surface area contributed by atoms with Gasteiger partial charge in [0, 0.05) is 12.6 Å². The van der Waals surface area contributed by atoms with E-state index >= 15 is 0 Å². The van der Waals surface area contributed by atoms with E-state index in [4.69, 9.17) is 4.74 Å². The molecule has 136 valence electrons. The minimum Gasteiger partial charge on any atom is -0.497 e. The smallest absolute Gasteiger partial charge is 0.215 e. The molecule has 0 radical (unpaired) electrons. The minimum atomic E-state index is -3.41. The van der Waals surface area contributed by atoms with Crippen LogP contribution in [0.5, 0.6) is 5.75 Å². The number of aryl methyl sites for hydroxylation is 1. The van der Waals surface area contributed by atoms with Gasteiger partial charge in [0.05, 0.1) is 12.9 Å². The van der Waals surface area contributed by atoms with E-state index < -0.39 is 10.0 Å². The zero-order valence-electron chi connectivity index (χ0n) is 15.2. The van der Waals surface area contributed by atoms with Gasteiger partial charge in [-0.2, -0.15) is 0 Å². The van der Waals surface area contributed by atoms with E-state index in [9.17, 15) is 8.42 Å². The van der Waals surface area contributed by atoms with Crippen LogP contribution in [0.25, 0.3) is 0 Å². The molecule has 0 aliphatic carbocycles. The van der Waals surface area contributed by atoms with E-state index in [1.807, 2.05) is 74.4 Å². The monoisotopic (exact) mass is 362 g/mol. The second kappa shape index (κ2) is 8.47. The molecule has 0 spiro atoms. The van der Waals surface area contributed by atoms with Gasteiger partial charge in [0.15, 0.2) is 0 Å². The molecule has 0 amide bonds. The van der Waals surface area contributed by atoms with E-state index in [1.165, 1.54) is 0 Å². The highest BCUT2D eigenvalue weighted by Gasteiger charge is 2.19. The van der Waals surface area contributed by atoms with Gasteiger partial charge in [0.2, 0.25) is 10.0 Å². The molecule has 0 saturated carbocycles. The summed E-state index contributed by atoms with van der Waals surface area (Å²) in [5.41, 5.74) is 2.83. The summed E-state index contributed by atoms with van der Waals surface area (Å²) in [4.78, 5) is 2.00. The van der Waals surface area contributed by atoms with Crippen LogP contribution in [0.2, 0.25) is 0 Å². The Morgan fingerprint density at radius 2 is 1.72 bits per heavy atom.